The highest BCUT2D eigenvalue weighted by Gasteiger charge is 2.17. The Balaban J connectivity index is 1.80. The molecule has 0 spiro atoms. The van der Waals surface area contributed by atoms with Crippen LogP contribution in [0.5, 0.6) is 0 Å². The van der Waals surface area contributed by atoms with E-state index in [1.165, 1.54) is 11.3 Å². The molecule has 2 aromatic carbocycles. The van der Waals surface area contributed by atoms with Gasteiger partial charge in [0.25, 0.3) is 5.91 Å². The Bertz CT molecular complexity index is 985. The van der Waals surface area contributed by atoms with Crippen LogP contribution in [-0.2, 0) is 4.79 Å². The van der Waals surface area contributed by atoms with Crippen molar-refractivity contribution in [2.45, 2.75) is 19.8 Å². The number of halogens is 2. The molecule has 26 heavy (non-hydrogen) atoms. The van der Waals surface area contributed by atoms with Gasteiger partial charge in [-0.25, -0.2) is 0 Å². The minimum absolute atomic E-state index is 0.0552. The summed E-state index contributed by atoms with van der Waals surface area (Å²) in [7, 11) is 0. The van der Waals surface area contributed by atoms with Crippen molar-refractivity contribution < 1.29 is 9.59 Å². The number of amides is 2. The van der Waals surface area contributed by atoms with Gasteiger partial charge in [0, 0.05) is 32.9 Å². The maximum absolute atomic E-state index is 12.6. The number of fused-ring (bicyclic) bond motifs is 1. The van der Waals surface area contributed by atoms with Crippen molar-refractivity contribution in [3.05, 3.63) is 57.4 Å². The number of anilines is 2. The fourth-order valence-electron chi connectivity index (χ4n) is 2.50. The molecule has 0 fully saturated rings. The van der Waals surface area contributed by atoms with Gasteiger partial charge in [-0.05, 0) is 36.8 Å². The Morgan fingerprint density at radius 1 is 1.04 bits per heavy atom. The molecule has 0 unspecified atom stereocenters. The van der Waals surface area contributed by atoms with Gasteiger partial charge in [0.15, 0.2) is 0 Å². The van der Waals surface area contributed by atoms with Crippen LogP contribution in [0.4, 0.5) is 11.4 Å². The third-order valence-corrected chi connectivity index (χ3v) is 5.57. The number of carbonyl (C=O) groups excluding carboxylic acids is 2. The van der Waals surface area contributed by atoms with Gasteiger partial charge >= 0.3 is 0 Å². The molecule has 3 rings (SSSR count). The average molecular weight is 407 g/mol. The Kier molecular flexibility index (Phi) is 5.81. The second kappa shape index (κ2) is 8.08. The van der Waals surface area contributed by atoms with Crippen LogP contribution in [0.25, 0.3) is 10.1 Å². The van der Waals surface area contributed by atoms with E-state index in [9.17, 15) is 9.59 Å². The largest absolute Gasteiger partial charge is 0.326 e. The van der Waals surface area contributed by atoms with E-state index in [0.29, 0.717) is 32.7 Å². The van der Waals surface area contributed by atoms with Crippen molar-refractivity contribution in [2.75, 3.05) is 10.6 Å². The fourth-order valence-corrected chi connectivity index (χ4v) is 4.19. The minimum Gasteiger partial charge on any atom is -0.326 e. The van der Waals surface area contributed by atoms with Gasteiger partial charge in [0.05, 0.1) is 5.02 Å². The van der Waals surface area contributed by atoms with Crippen LogP contribution >= 0.6 is 34.5 Å². The average Bonchev–Trinajstić information content (AvgIpc) is 2.91. The first-order valence-corrected chi connectivity index (χ1v) is 9.64. The molecule has 0 aliphatic heterocycles. The highest BCUT2D eigenvalue weighted by Crippen LogP contribution is 2.37. The summed E-state index contributed by atoms with van der Waals surface area (Å²) in [5, 5.41) is 7.43. The highest BCUT2D eigenvalue weighted by atomic mass is 35.5. The third kappa shape index (κ3) is 4.18. The van der Waals surface area contributed by atoms with E-state index in [2.05, 4.69) is 10.6 Å². The Labute approximate surface area is 165 Å². The van der Waals surface area contributed by atoms with Crippen LogP contribution in [0.2, 0.25) is 10.0 Å². The number of rotatable bonds is 5. The van der Waals surface area contributed by atoms with Gasteiger partial charge < -0.3 is 10.6 Å². The van der Waals surface area contributed by atoms with Gasteiger partial charge in [0.1, 0.15) is 4.88 Å². The lowest BCUT2D eigenvalue weighted by Gasteiger charge is -2.08. The summed E-state index contributed by atoms with van der Waals surface area (Å²) in [6.45, 7) is 1.94. The molecule has 0 saturated heterocycles. The quantitative estimate of drug-likeness (QED) is 0.529. The smallest absolute Gasteiger partial charge is 0.267 e. The molecular formula is C19H16Cl2N2O2S. The zero-order chi connectivity index (χ0) is 18.7. The Morgan fingerprint density at radius 3 is 2.50 bits per heavy atom. The van der Waals surface area contributed by atoms with E-state index in [1.54, 1.807) is 42.5 Å². The molecule has 7 heteroatoms. The zero-order valence-corrected chi connectivity index (χ0v) is 16.3. The van der Waals surface area contributed by atoms with Crippen LogP contribution < -0.4 is 10.6 Å². The summed E-state index contributed by atoms with van der Waals surface area (Å²) in [4.78, 5) is 24.8. The molecule has 0 bridgehead atoms. The van der Waals surface area contributed by atoms with Crippen LogP contribution in [0.15, 0.2) is 42.5 Å². The first-order valence-electron chi connectivity index (χ1n) is 8.06. The molecule has 134 valence electrons. The van der Waals surface area contributed by atoms with Gasteiger partial charge in [-0.2, -0.15) is 0 Å². The highest BCUT2D eigenvalue weighted by molar-refractivity contribution is 7.21. The molecular weight excluding hydrogens is 391 g/mol. The van der Waals surface area contributed by atoms with Gasteiger partial charge in [0.2, 0.25) is 5.91 Å². The van der Waals surface area contributed by atoms with Gasteiger partial charge in [-0.3, -0.25) is 9.59 Å². The summed E-state index contributed by atoms with van der Waals surface area (Å²) < 4.78 is 0.855. The number of hydrogen-bond donors (Lipinski definition) is 2. The van der Waals surface area contributed by atoms with Crippen molar-refractivity contribution in [2.24, 2.45) is 0 Å². The molecule has 1 heterocycles. The predicted octanol–water partition coefficient (Wildman–Crippen LogP) is 6.20. The normalized spacial score (nSPS) is 10.7. The first-order chi connectivity index (χ1) is 12.5. The number of nitrogens with one attached hydrogen (secondary N) is 2. The Hall–Kier alpha value is -2.08. The molecule has 0 aliphatic carbocycles. The van der Waals surface area contributed by atoms with Crippen LogP contribution in [0, 0.1) is 0 Å². The van der Waals surface area contributed by atoms with Gasteiger partial charge in [-0.1, -0.05) is 42.3 Å². The van der Waals surface area contributed by atoms with E-state index in [4.69, 9.17) is 23.2 Å². The van der Waals surface area contributed by atoms with Crippen molar-refractivity contribution in [1.29, 1.82) is 0 Å². The SMILES string of the molecule is CCCC(=O)Nc1cccc(NC(=O)c2sc3cc(Cl)ccc3c2Cl)c1. The first kappa shape index (κ1) is 18.7. The van der Waals surface area contributed by atoms with Crippen LogP contribution in [0.3, 0.4) is 0 Å². The number of carbonyl (C=O) groups is 2. The molecule has 0 radical (unpaired) electrons. The standard InChI is InChI=1S/C19H16Cl2N2O2S/c1-2-4-16(24)22-12-5-3-6-13(10-12)23-19(25)18-17(21)14-8-7-11(20)9-15(14)26-18/h3,5-10H,2,4H2,1H3,(H,22,24)(H,23,25). The number of hydrogen-bond acceptors (Lipinski definition) is 3. The van der Waals surface area contributed by atoms with Crippen LogP contribution in [-0.4, -0.2) is 11.8 Å². The third-order valence-electron chi connectivity index (χ3n) is 3.68. The van der Waals surface area contributed by atoms with Crippen LogP contribution in [0.1, 0.15) is 29.4 Å². The van der Waals surface area contributed by atoms with E-state index in [-0.39, 0.29) is 11.8 Å². The van der Waals surface area contributed by atoms with E-state index < -0.39 is 0 Å². The lowest BCUT2D eigenvalue weighted by Crippen LogP contribution is -2.13. The summed E-state index contributed by atoms with van der Waals surface area (Å²) in [5.74, 6) is -0.357. The zero-order valence-electron chi connectivity index (χ0n) is 13.9. The predicted molar refractivity (Wildman–Crippen MR) is 110 cm³/mol. The monoisotopic (exact) mass is 406 g/mol. The Morgan fingerprint density at radius 2 is 1.77 bits per heavy atom. The summed E-state index contributed by atoms with van der Waals surface area (Å²) in [6.07, 6.45) is 1.23. The lowest BCUT2D eigenvalue weighted by atomic mass is 10.2. The number of benzene rings is 2. The molecule has 4 nitrogen and oxygen atoms in total. The van der Waals surface area contributed by atoms with E-state index in [0.717, 1.165) is 16.5 Å². The summed E-state index contributed by atoms with van der Waals surface area (Å²) >= 11 is 13.6. The van der Waals surface area contributed by atoms with Gasteiger partial charge in [-0.15, -0.1) is 11.3 Å². The maximum atomic E-state index is 12.6. The summed E-state index contributed by atoms with van der Waals surface area (Å²) in [5.41, 5.74) is 1.21. The molecule has 2 N–H and O–H groups in total. The number of thiophene rings is 1. The van der Waals surface area contributed by atoms with Crippen molar-refractivity contribution in [1.82, 2.24) is 0 Å². The molecule has 0 aliphatic rings. The van der Waals surface area contributed by atoms with E-state index >= 15 is 0 Å². The topological polar surface area (TPSA) is 58.2 Å². The molecule has 1 aromatic heterocycles. The van der Waals surface area contributed by atoms with Crippen molar-refractivity contribution in [3.8, 4) is 0 Å². The molecule has 2 amide bonds. The molecule has 0 atom stereocenters. The fraction of sp³-hybridized carbons (Fsp3) is 0.158. The minimum atomic E-state index is -0.302. The summed E-state index contributed by atoms with van der Waals surface area (Å²) in [6, 6.07) is 12.3. The van der Waals surface area contributed by atoms with E-state index in [1.807, 2.05) is 6.92 Å². The molecule has 0 saturated carbocycles. The van der Waals surface area contributed by atoms with Crippen molar-refractivity contribution >= 4 is 67.8 Å². The maximum Gasteiger partial charge on any atom is 0.267 e. The lowest BCUT2D eigenvalue weighted by molar-refractivity contribution is -0.116. The second-order valence-electron chi connectivity index (χ2n) is 5.72. The van der Waals surface area contributed by atoms with Crippen molar-refractivity contribution in [3.63, 3.8) is 0 Å². The molecule has 3 aromatic rings. The second-order valence-corrected chi connectivity index (χ2v) is 7.59.